The molecule has 1 aromatic carbocycles. The SMILES string of the molecule is CS(=O)(=O)N1CC[C@H]2C[C@@H]1C(=O)N(Cc1cccc(F)c1)C2. The van der Waals surface area contributed by atoms with Gasteiger partial charge in [-0.1, -0.05) is 12.1 Å². The Hall–Kier alpha value is -1.47. The average Bonchev–Trinajstić information content (AvgIpc) is 2.43. The van der Waals surface area contributed by atoms with Crippen molar-refractivity contribution in [2.45, 2.75) is 25.4 Å². The summed E-state index contributed by atoms with van der Waals surface area (Å²) in [6.45, 7) is 1.35. The molecule has 2 aliphatic rings. The highest BCUT2D eigenvalue weighted by Gasteiger charge is 2.44. The molecule has 0 unspecified atom stereocenters. The third kappa shape index (κ3) is 3.01. The summed E-state index contributed by atoms with van der Waals surface area (Å²) in [7, 11) is -3.39. The molecule has 2 heterocycles. The van der Waals surface area contributed by atoms with Gasteiger partial charge in [-0.05, 0) is 36.5 Å². The maximum atomic E-state index is 13.3. The highest BCUT2D eigenvalue weighted by molar-refractivity contribution is 7.88. The van der Waals surface area contributed by atoms with Gasteiger partial charge in [0.25, 0.3) is 0 Å². The van der Waals surface area contributed by atoms with Crippen molar-refractivity contribution in [1.82, 2.24) is 9.21 Å². The van der Waals surface area contributed by atoms with Crippen molar-refractivity contribution in [3.63, 3.8) is 0 Å². The third-order valence-corrected chi connectivity index (χ3v) is 5.71. The van der Waals surface area contributed by atoms with Gasteiger partial charge in [0.15, 0.2) is 0 Å². The first-order chi connectivity index (χ1) is 10.3. The zero-order valence-corrected chi connectivity index (χ0v) is 13.2. The summed E-state index contributed by atoms with van der Waals surface area (Å²) in [6, 6.07) is 5.56. The number of hydrogen-bond donors (Lipinski definition) is 0. The van der Waals surface area contributed by atoms with E-state index in [0.29, 0.717) is 32.0 Å². The standard InChI is InChI=1S/C15H19FN2O3S/c1-22(20,21)18-6-5-12-8-14(18)15(19)17(10-12)9-11-3-2-4-13(16)7-11/h2-4,7,12,14H,5-6,8-10H2,1H3/t12-,14+/m0/s1. The van der Waals surface area contributed by atoms with Gasteiger partial charge in [-0.3, -0.25) is 4.79 Å². The Bertz CT molecular complexity index is 692. The fourth-order valence-electron chi connectivity index (χ4n) is 3.41. The normalized spacial score (nSPS) is 26.3. The lowest BCUT2D eigenvalue weighted by molar-refractivity contribution is -0.143. The number of amides is 1. The van der Waals surface area contributed by atoms with E-state index in [1.165, 1.54) is 16.4 Å². The summed E-state index contributed by atoms with van der Waals surface area (Å²) in [5, 5.41) is 0. The number of benzene rings is 1. The summed E-state index contributed by atoms with van der Waals surface area (Å²) < 4.78 is 38.3. The van der Waals surface area contributed by atoms with Crippen LogP contribution in [0, 0.1) is 11.7 Å². The predicted octanol–water partition coefficient (Wildman–Crippen LogP) is 1.21. The lowest BCUT2D eigenvalue weighted by Crippen LogP contribution is -2.59. The van der Waals surface area contributed by atoms with E-state index in [1.54, 1.807) is 17.0 Å². The minimum atomic E-state index is -3.39. The highest BCUT2D eigenvalue weighted by atomic mass is 32.2. The quantitative estimate of drug-likeness (QED) is 0.839. The van der Waals surface area contributed by atoms with Gasteiger partial charge in [0.2, 0.25) is 15.9 Å². The van der Waals surface area contributed by atoms with Gasteiger partial charge >= 0.3 is 0 Å². The second-order valence-corrected chi connectivity index (χ2v) is 8.06. The molecular weight excluding hydrogens is 307 g/mol. The van der Waals surface area contributed by atoms with Gasteiger partial charge in [0, 0.05) is 19.6 Å². The number of sulfonamides is 1. The number of carbonyl (C=O) groups excluding carboxylic acids is 1. The topological polar surface area (TPSA) is 57.7 Å². The number of rotatable bonds is 3. The average molecular weight is 326 g/mol. The third-order valence-electron chi connectivity index (χ3n) is 4.43. The molecule has 0 spiro atoms. The Balaban J connectivity index is 1.81. The van der Waals surface area contributed by atoms with Gasteiger partial charge < -0.3 is 4.90 Å². The summed E-state index contributed by atoms with van der Waals surface area (Å²) in [6.07, 6.45) is 2.49. The van der Waals surface area contributed by atoms with Gasteiger partial charge in [-0.25, -0.2) is 12.8 Å². The highest BCUT2D eigenvalue weighted by Crippen LogP contribution is 2.32. The Morgan fingerprint density at radius 2 is 2.14 bits per heavy atom. The molecule has 0 saturated carbocycles. The number of piperidine rings is 2. The van der Waals surface area contributed by atoms with Crippen LogP contribution in [0.5, 0.6) is 0 Å². The van der Waals surface area contributed by atoms with Gasteiger partial charge in [0.05, 0.1) is 6.26 Å². The van der Waals surface area contributed by atoms with E-state index in [1.807, 2.05) is 0 Å². The Morgan fingerprint density at radius 1 is 1.36 bits per heavy atom. The monoisotopic (exact) mass is 326 g/mol. The zero-order valence-electron chi connectivity index (χ0n) is 12.4. The largest absolute Gasteiger partial charge is 0.337 e. The fraction of sp³-hybridized carbons (Fsp3) is 0.533. The van der Waals surface area contributed by atoms with Crippen LogP contribution in [-0.4, -0.2) is 48.9 Å². The summed E-state index contributed by atoms with van der Waals surface area (Å²) >= 11 is 0. The Morgan fingerprint density at radius 3 is 2.82 bits per heavy atom. The minimum absolute atomic E-state index is 0.175. The van der Waals surface area contributed by atoms with Crippen molar-refractivity contribution in [2.75, 3.05) is 19.3 Å². The lowest BCUT2D eigenvalue weighted by Gasteiger charge is -2.45. The summed E-state index contributed by atoms with van der Waals surface area (Å²) in [5.74, 6) is -0.195. The molecule has 2 atom stereocenters. The molecule has 5 nitrogen and oxygen atoms in total. The maximum Gasteiger partial charge on any atom is 0.241 e. The van der Waals surface area contributed by atoms with E-state index in [2.05, 4.69) is 0 Å². The van der Waals surface area contributed by atoms with Crippen LogP contribution in [0.2, 0.25) is 0 Å². The molecule has 120 valence electrons. The number of fused-ring (bicyclic) bond motifs is 2. The van der Waals surface area contributed by atoms with Crippen LogP contribution in [0.3, 0.4) is 0 Å². The van der Waals surface area contributed by atoms with Crippen LogP contribution in [0.15, 0.2) is 24.3 Å². The molecule has 7 heteroatoms. The van der Waals surface area contributed by atoms with E-state index in [-0.39, 0.29) is 11.7 Å². The van der Waals surface area contributed by atoms with E-state index in [0.717, 1.165) is 18.2 Å². The van der Waals surface area contributed by atoms with Crippen LogP contribution < -0.4 is 0 Å². The smallest absolute Gasteiger partial charge is 0.241 e. The first-order valence-corrected chi connectivity index (χ1v) is 9.19. The van der Waals surface area contributed by atoms with E-state index in [9.17, 15) is 17.6 Å². The number of nitrogens with zero attached hydrogens (tertiary/aromatic N) is 2. The molecule has 2 aliphatic heterocycles. The van der Waals surface area contributed by atoms with E-state index >= 15 is 0 Å². The molecular formula is C15H19FN2O3S. The fourth-order valence-corrected chi connectivity index (χ4v) is 4.49. The predicted molar refractivity (Wildman–Crippen MR) is 79.9 cm³/mol. The molecule has 2 bridgehead atoms. The van der Waals surface area contributed by atoms with Gasteiger partial charge in [-0.15, -0.1) is 0 Å². The Kier molecular flexibility index (Phi) is 3.94. The number of likely N-dealkylation sites (tertiary alicyclic amines) is 1. The van der Waals surface area contributed by atoms with Crippen molar-refractivity contribution >= 4 is 15.9 Å². The van der Waals surface area contributed by atoms with Crippen molar-refractivity contribution in [2.24, 2.45) is 5.92 Å². The molecule has 22 heavy (non-hydrogen) atoms. The van der Waals surface area contributed by atoms with E-state index in [4.69, 9.17) is 0 Å². The number of halogens is 1. The maximum absolute atomic E-state index is 13.3. The van der Waals surface area contributed by atoms with Gasteiger partial charge in [0.1, 0.15) is 11.9 Å². The molecule has 3 rings (SSSR count). The summed E-state index contributed by atoms with van der Waals surface area (Å²) in [5.41, 5.74) is 0.722. The van der Waals surface area contributed by atoms with Crippen LogP contribution in [0.25, 0.3) is 0 Å². The first-order valence-electron chi connectivity index (χ1n) is 7.34. The minimum Gasteiger partial charge on any atom is -0.337 e. The Labute approximate surface area is 129 Å². The van der Waals surface area contributed by atoms with Gasteiger partial charge in [-0.2, -0.15) is 4.31 Å². The molecule has 0 aliphatic carbocycles. The molecule has 0 radical (unpaired) electrons. The van der Waals surface area contributed by atoms with Crippen molar-refractivity contribution in [3.05, 3.63) is 35.6 Å². The van der Waals surface area contributed by atoms with Crippen LogP contribution in [-0.2, 0) is 21.4 Å². The number of carbonyl (C=O) groups is 1. The second-order valence-electron chi connectivity index (χ2n) is 6.13. The van der Waals surface area contributed by atoms with Crippen molar-refractivity contribution in [1.29, 1.82) is 0 Å². The molecule has 0 aromatic heterocycles. The molecule has 0 N–H and O–H groups in total. The molecule has 2 saturated heterocycles. The lowest BCUT2D eigenvalue weighted by atomic mass is 9.87. The molecule has 1 aromatic rings. The van der Waals surface area contributed by atoms with Crippen LogP contribution >= 0.6 is 0 Å². The van der Waals surface area contributed by atoms with Crippen molar-refractivity contribution < 1.29 is 17.6 Å². The summed E-state index contributed by atoms with van der Waals surface area (Å²) in [4.78, 5) is 14.3. The van der Waals surface area contributed by atoms with E-state index < -0.39 is 16.1 Å². The number of hydrogen-bond acceptors (Lipinski definition) is 3. The van der Waals surface area contributed by atoms with Crippen molar-refractivity contribution in [3.8, 4) is 0 Å². The second kappa shape index (κ2) is 5.62. The molecule has 2 fully saturated rings. The molecule has 1 amide bonds. The zero-order chi connectivity index (χ0) is 15.9. The van der Waals surface area contributed by atoms with Crippen LogP contribution in [0.1, 0.15) is 18.4 Å². The van der Waals surface area contributed by atoms with Crippen LogP contribution in [0.4, 0.5) is 4.39 Å². The first kappa shape index (κ1) is 15.4.